The molecule has 4 aromatic carbocycles. The van der Waals surface area contributed by atoms with Crippen LogP contribution in [0.2, 0.25) is 10.0 Å². The van der Waals surface area contributed by atoms with Crippen LogP contribution < -0.4 is 10.6 Å². The molecule has 41 heavy (non-hydrogen) atoms. The molecule has 0 bridgehead atoms. The molecule has 0 spiro atoms. The van der Waals surface area contributed by atoms with Gasteiger partial charge in [-0.2, -0.15) is 0 Å². The van der Waals surface area contributed by atoms with E-state index in [0.29, 0.717) is 38.0 Å². The molecule has 0 atom stereocenters. The van der Waals surface area contributed by atoms with Crippen molar-refractivity contribution in [3.63, 3.8) is 0 Å². The van der Waals surface area contributed by atoms with E-state index in [1.165, 1.54) is 22.7 Å². The zero-order valence-electron chi connectivity index (χ0n) is 21.3. The van der Waals surface area contributed by atoms with Crippen LogP contribution in [0, 0.1) is 0 Å². The number of benzene rings is 4. The van der Waals surface area contributed by atoms with E-state index >= 15 is 0 Å². The highest BCUT2D eigenvalue weighted by Gasteiger charge is 2.34. The van der Waals surface area contributed by atoms with Crippen LogP contribution >= 0.6 is 35.0 Å². The van der Waals surface area contributed by atoms with Crippen molar-refractivity contribution in [3.05, 3.63) is 135 Å². The topological polar surface area (TPSA) is 95.6 Å². The van der Waals surface area contributed by atoms with E-state index in [1.54, 1.807) is 97.1 Å². The van der Waals surface area contributed by atoms with E-state index in [2.05, 4.69) is 10.6 Å². The van der Waals surface area contributed by atoms with Crippen molar-refractivity contribution in [2.24, 2.45) is 0 Å². The van der Waals surface area contributed by atoms with Crippen molar-refractivity contribution in [1.29, 1.82) is 0 Å². The van der Waals surface area contributed by atoms with Crippen LogP contribution in [0.1, 0.15) is 36.6 Å². The van der Waals surface area contributed by atoms with Crippen LogP contribution in [0.5, 0.6) is 0 Å². The summed E-state index contributed by atoms with van der Waals surface area (Å²) in [6.45, 7) is 0. The maximum Gasteiger partial charge on any atom is 0.272 e. The second kappa shape index (κ2) is 12.4. The number of carbonyl (C=O) groups is 4. The van der Waals surface area contributed by atoms with Gasteiger partial charge < -0.3 is 10.6 Å². The Balaban J connectivity index is 1.32. The van der Waals surface area contributed by atoms with Gasteiger partial charge in [-0.25, -0.2) is 0 Å². The number of amides is 4. The van der Waals surface area contributed by atoms with E-state index in [0.717, 1.165) is 4.90 Å². The molecule has 0 unspecified atom stereocenters. The van der Waals surface area contributed by atoms with Crippen LogP contribution in [-0.2, 0) is 4.79 Å². The van der Waals surface area contributed by atoms with Gasteiger partial charge in [0.1, 0.15) is 5.70 Å². The molecule has 1 heterocycles. The summed E-state index contributed by atoms with van der Waals surface area (Å²) >= 11 is 13.6. The number of nitrogens with zero attached hydrogens (tertiary/aromatic N) is 1. The number of hydrogen-bond acceptors (Lipinski definition) is 5. The summed E-state index contributed by atoms with van der Waals surface area (Å²) in [5.41, 5.74) is 2.05. The number of nitrogens with one attached hydrogen (secondary N) is 2. The maximum atomic E-state index is 13.4. The van der Waals surface area contributed by atoms with E-state index < -0.39 is 11.8 Å². The van der Waals surface area contributed by atoms with Gasteiger partial charge in [-0.15, -0.1) is 11.8 Å². The number of rotatable bonds is 8. The molecule has 1 aliphatic heterocycles. The quantitative estimate of drug-likeness (QED) is 0.132. The van der Waals surface area contributed by atoms with Gasteiger partial charge in [0.2, 0.25) is 0 Å². The lowest BCUT2D eigenvalue weighted by atomic mass is 10.1. The van der Waals surface area contributed by atoms with Crippen LogP contribution in [0.3, 0.4) is 0 Å². The second-order valence-corrected chi connectivity index (χ2v) is 10.7. The minimum atomic E-state index is -0.581. The Morgan fingerprint density at radius 2 is 1.49 bits per heavy atom. The van der Waals surface area contributed by atoms with Crippen LogP contribution in [0.4, 0.5) is 5.69 Å². The summed E-state index contributed by atoms with van der Waals surface area (Å²) < 4.78 is 0. The van der Waals surface area contributed by atoms with Crippen molar-refractivity contribution < 1.29 is 19.2 Å². The van der Waals surface area contributed by atoms with Gasteiger partial charge in [-0.3, -0.25) is 24.1 Å². The monoisotopic (exact) mass is 601 g/mol. The highest BCUT2D eigenvalue weighted by Crippen LogP contribution is 2.29. The summed E-state index contributed by atoms with van der Waals surface area (Å²) in [5.74, 6) is -1.62. The van der Waals surface area contributed by atoms with Gasteiger partial charge in [0.15, 0.2) is 0 Å². The molecule has 204 valence electrons. The number of halogens is 2. The largest absolute Gasteiger partial charge is 0.321 e. The Bertz CT molecular complexity index is 1670. The number of thioether (sulfide) groups is 1. The molecule has 0 fully saturated rings. The molecule has 0 aromatic heterocycles. The maximum absolute atomic E-state index is 13.4. The normalized spacial score (nSPS) is 12.7. The Morgan fingerprint density at radius 1 is 0.805 bits per heavy atom. The number of fused-ring (bicyclic) bond motifs is 1. The number of carbonyl (C=O) groups excluding carboxylic acids is 4. The molecular formula is C31H21Cl2N3O4S. The van der Waals surface area contributed by atoms with Crippen molar-refractivity contribution in [2.45, 2.75) is 4.90 Å². The van der Waals surface area contributed by atoms with Crippen molar-refractivity contribution in [1.82, 2.24) is 10.2 Å². The molecule has 4 aromatic rings. The Morgan fingerprint density at radius 3 is 2.17 bits per heavy atom. The summed E-state index contributed by atoms with van der Waals surface area (Å²) in [4.78, 5) is 53.5. The summed E-state index contributed by atoms with van der Waals surface area (Å²) in [6.07, 6.45) is 1.47. The minimum absolute atomic E-state index is 0.0350. The first-order chi connectivity index (χ1) is 19.8. The van der Waals surface area contributed by atoms with E-state index in [4.69, 9.17) is 23.2 Å². The van der Waals surface area contributed by atoms with E-state index in [-0.39, 0.29) is 23.4 Å². The first kappa shape index (κ1) is 28.2. The van der Waals surface area contributed by atoms with Crippen molar-refractivity contribution in [2.75, 3.05) is 11.2 Å². The zero-order chi connectivity index (χ0) is 28.9. The van der Waals surface area contributed by atoms with Crippen LogP contribution in [0.15, 0.2) is 108 Å². The fourth-order valence-corrected chi connectivity index (χ4v) is 5.43. The molecule has 7 nitrogen and oxygen atoms in total. The Labute approximate surface area is 250 Å². The van der Waals surface area contributed by atoms with Gasteiger partial charge in [-0.05, 0) is 66.2 Å². The molecule has 2 N–H and O–H groups in total. The molecule has 0 saturated carbocycles. The third-order valence-electron chi connectivity index (χ3n) is 6.12. The highest BCUT2D eigenvalue weighted by atomic mass is 35.5. The molecule has 0 saturated heterocycles. The SMILES string of the molecule is O=C(Nc1cccc(SCN2C(=O)c3ccccc3C2=O)c1)/C(=C\c1ccc(Cl)cc1Cl)NC(=O)c1ccccc1. The lowest BCUT2D eigenvalue weighted by molar-refractivity contribution is -0.113. The fraction of sp³-hybridized carbons (Fsp3) is 0.0323. The van der Waals surface area contributed by atoms with Gasteiger partial charge >= 0.3 is 0 Å². The molecule has 0 aliphatic carbocycles. The standard InChI is InChI=1S/C31H21Cl2N3O4S/c32-21-14-13-20(26(33)16-21)15-27(35-28(37)19-7-2-1-3-8-19)29(38)34-22-9-6-10-23(17-22)41-18-36-30(39)24-11-4-5-12-25(24)31(36)40/h1-17H,18H2,(H,34,38)(H,35,37)/b27-15+. The predicted molar refractivity (Wildman–Crippen MR) is 161 cm³/mol. The van der Waals surface area contributed by atoms with Gasteiger partial charge in [0, 0.05) is 26.2 Å². The minimum Gasteiger partial charge on any atom is -0.321 e. The molecule has 1 aliphatic rings. The number of hydrogen-bond donors (Lipinski definition) is 2. The summed E-state index contributed by atoms with van der Waals surface area (Å²) in [7, 11) is 0. The third-order valence-corrected chi connectivity index (χ3v) is 7.66. The zero-order valence-corrected chi connectivity index (χ0v) is 23.6. The lowest BCUT2D eigenvalue weighted by Gasteiger charge is -2.14. The lowest BCUT2D eigenvalue weighted by Crippen LogP contribution is -2.30. The molecule has 10 heteroatoms. The number of anilines is 1. The van der Waals surface area contributed by atoms with Crippen molar-refractivity contribution in [3.8, 4) is 0 Å². The smallest absolute Gasteiger partial charge is 0.272 e. The summed E-state index contributed by atoms with van der Waals surface area (Å²) in [6, 6.07) is 27.0. The Hall–Kier alpha value is -4.37. The average molecular weight is 602 g/mol. The molecular weight excluding hydrogens is 581 g/mol. The highest BCUT2D eigenvalue weighted by molar-refractivity contribution is 7.99. The van der Waals surface area contributed by atoms with Gasteiger partial charge in [0.05, 0.1) is 17.0 Å². The van der Waals surface area contributed by atoms with E-state index in [1.807, 2.05) is 0 Å². The second-order valence-electron chi connectivity index (χ2n) is 8.88. The number of imide groups is 1. The first-order valence-electron chi connectivity index (χ1n) is 12.3. The van der Waals surface area contributed by atoms with Crippen LogP contribution in [-0.4, -0.2) is 34.4 Å². The molecule has 4 amide bonds. The third kappa shape index (κ3) is 6.52. The van der Waals surface area contributed by atoms with Gasteiger partial charge in [0.25, 0.3) is 23.6 Å². The van der Waals surface area contributed by atoms with Crippen LogP contribution in [0.25, 0.3) is 6.08 Å². The predicted octanol–water partition coefficient (Wildman–Crippen LogP) is 6.75. The fourth-order valence-electron chi connectivity index (χ4n) is 4.07. The first-order valence-corrected chi connectivity index (χ1v) is 14.1. The Kier molecular flexibility index (Phi) is 8.54. The van der Waals surface area contributed by atoms with Crippen molar-refractivity contribution >= 4 is 70.4 Å². The molecule has 5 rings (SSSR count). The summed E-state index contributed by atoms with van der Waals surface area (Å²) in [5, 5.41) is 6.21. The average Bonchev–Trinajstić information content (AvgIpc) is 3.22. The van der Waals surface area contributed by atoms with E-state index in [9.17, 15) is 19.2 Å². The molecule has 0 radical (unpaired) electrons. The van der Waals surface area contributed by atoms with Gasteiger partial charge in [-0.1, -0.05) is 65.7 Å².